The molecule has 1 saturated heterocycles. The summed E-state index contributed by atoms with van der Waals surface area (Å²) in [6.07, 6.45) is 1.53. The quantitative estimate of drug-likeness (QED) is 0.421. The highest BCUT2D eigenvalue weighted by molar-refractivity contribution is 6.32. The van der Waals surface area contributed by atoms with E-state index in [-0.39, 0.29) is 23.2 Å². The second-order valence-corrected chi connectivity index (χ2v) is 6.63. The molecule has 10 heteroatoms. The first-order valence-corrected chi connectivity index (χ1v) is 9.23. The number of carbonyl (C=O) groups excluding carboxylic acids is 1. The van der Waals surface area contributed by atoms with Crippen molar-refractivity contribution in [1.29, 1.82) is 0 Å². The number of carbonyl (C=O) groups is 1. The number of halogens is 1. The van der Waals surface area contributed by atoms with E-state index in [1.54, 1.807) is 24.3 Å². The normalized spacial score (nSPS) is 14.7. The Morgan fingerprint density at radius 2 is 2.00 bits per heavy atom. The summed E-state index contributed by atoms with van der Waals surface area (Å²) in [7, 11) is 0. The Morgan fingerprint density at radius 3 is 2.66 bits per heavy atom. The van der Waals surface area contributed by atoms with Crippen molar-refractivity contribution in [3.63, 3.8) is 0 Å². The summed E-state index contributed by atoms with van der Waals surface area (Å²) >= 11 is 6.02. The van der Waals surface area contributed by atoms with Crippen LogP contribution in [-0.2, 0) is 9.53 Å². The van der Waals surface area contributed by atoms with Gasteiger partial charge >= 0.3 is 0 Å². The molecule has 1 amide bonds. The van der Waals surface area contributed by atoms with Crippen LogP contribution in [-0.4, -0.2) is 54.8 Å². The number of non-ortho nitro benzene ring substituents is 1. The number of morpholine rings is 1. The van der Waals surface area contributed by atoms with Crippen molar-refractivity contribution in [3.05, 3.63) is 63.2 Å². The third kappa shape index (κ3) is 6.24. The predicted octanol–water partition coefficient (Wildman–Crippen LogP) is 2.82. The van der Waals surface area contributed by atoms with Gasteiger partial charge in [-0.15, -0.1) is 0 Å². The summed E-state index contributed by atoms with van der Waals surface area (Å²) in [5, 5.41) is 14.8. The maximum absolute atomic E-state index is 11.9. The molecule has 0 unspecified atom stereocenters. The lowest BCUT2D eigenvalue weighted by Gasteiger charge is -2.25. The summed E-state index contributed by atoms with van der Waals surface area (Å²) in [6, 6.07) is 10.9. The van der Waals surface area contributed by atoms with E-state index in [9.17, 15) is 14.9 Å². The van der Waals surface area contributed by atoms with E-state index >= 15 is 0 Å². The zero-order valence-corrected chi connectivity index (χ0v) is 16.2. The maximum atomic E-state index is 11.9. The van der Waals surface area contributed by atoms with Crippen LogP contribution in [0.2, 0.25) is 5.02 Å². The van der Waals surface area contributed by atoms with E-state index in [1.807, 2.05) is 4.90 Å². The van der Waals surface area contributed by atoms with Crippen LogP contribution in [0.25, 0.3) is 0 Å². The molecule has 1 aliphatic heterocycles. The standard InChI is InChI=1S/C19H19ClN4O5/c20-17-11-15(24(26)27)3-6-18(17)29-16-4-1-14(2-5-16)12-21-22-19(25)13-23-7-9-28-10-8-23/h1-6,11-12H,7-10,13H2,(H,22,25). The number of amides is 1. The van der Waals surface area contributed by atoms with Gasteiger partial charge in [0.15, 0.2) is 0 Å². The van der Waals surface area contributed by atoms with Crippen molar-refractivity contribution in [1.82, 2.24) is 10.3 Å². The zero-order valence-electron chi connectivity index (χ0n) is 15.4. The lowest BCUT2D eigenvalue weighted by molar-refractivity contribution is -0.384. The minimum Gasteiger partial charge on any atom is -0.456 e. The van der Waals surface area contributed by atoms with Crippen molar-refractivity contribution < 1.29 is 19.2 Å². The van der Waals surface area contributed by atoms with Crippen LogP contribution in [0.1, 0.15) is 5.56 Å². The SMILES string of the molecule is O=C(CN1CCOCC1)NN=Cc1ccc(Oc2ccc([N+](=O)[O-])cc2Cl)cc1. The molecule has 1 aliphatic rings. The van der Waals surface area contributed by atoms with Crippen molar-refractivity contribution in [2.75, 3.05) is 32.8 Å². The van der Waals surface area contributed by atoms with Gasteiger partial charge in [-0.3, -0.25) is 19.8 Å². The highest BCUT2D eigenvalue weighted by atomic mass is 35.5. The van der Waals surface area contributed by atoms with E-state index in [0.717, 1.165) is 18.7 Å². The van der Waals surface area contributed by atoms with Crippen LogP contribution in [0.3, 0.4) is 0 Å². The molecule has 1 fully saturated rings. The van der Waals surface area contributed by atoms with Gasteiger partial charge in [0, 0.05) is 25.2 Å². The average Bonchev–Trinajstić information content (AvgIpc) is 2.71. The number of hydrogen-bond donors (Lipinski definition) is 1. The van der Waals surface area contributed by atoms with Crippen LogP contribution in [0, 0.1) is 10.1 Å². The fourth-order valence-corrected chi connectivity index (χ4v) is 2.82. The van der Waals surface area contributed by atoms with Crippen LogP contribution < -0.4 is 10.2 Å². The van der Waals surface area contributed by atoms with Crippen LogP contribution in [0.15, 0.2) is 47.6 Å². The first-order chi connectivity index (χ1) is 14.0. The maximum Gasteiger partial charge on any atom is 0.271 e. The molecule has 0 bridgehead atoms. The fraction of sp³-hybridized carbons (Fsp3) is 0.263. The molecule has 0 atom stereocenters. The zero-order chi connectivity index (χ0) is 20.6. The molecule has 1 heterocycles. The third-order valence-electron chi connectivity index (χ3n) is 4.11. The predicted molar refractivity (Wildman–Crippen MR) is 108 cm³/mol. The lowest BCUT2D eigenvalue weighted by Crippen LogP contribution is -2.42. The molecule has 0 radical (unpaired) electrons. The molecule has 2 aromatic carbocycles. The molecular formula is C19H19ClN4O5. The van der Waals surface area contributed by atoms with Gasteiger partial charge in [-0.25, -0.2) is 5.43 Å². The summed E-state index contributed by atoms with van der Waals surface area (Å²) in [5.41, 5.74) is 3.15. The Hall–Kier alpha value is -3.01. The molecule has 152 valence electrons. The van der Waals surface area contributed by atoms with E-state index in [0.29, 0.717) is 24.7 Å². The van der Waals surface area contributed by atoms with E-state index in [1.165, 1.54) is 24.4 Å². The summed E-state index contributed by atoms with van der Waals surface area (Å²) in [6.45, 7) is 3.02. The Kier molecular flexibility index (Phi) is 7.12. The molecule has 0 aliphatic carbocycles. The van der Waals surface area contributed by atoms with E-state index in [4.69, 9.17) is 21.1 Å². The number of benzene rings is 2. The number of hydrogen-bond acceptors (Lipinski definition) is 7. The monoisotopic (exact) mass is 418 g/mol. The Bertz CT molecular complexity index is 898. The Labute approximate surface area is 172 Å². The number of hydrazone groups is 1. The number of nitrogens with zero attached hydrogens (tertiary/aromatic N) is 3. The van der Waals surface area contributed by atoms with Gasteiger partial charge in [0.05, 0.1) is 35.9 Å². The van der Waals surface area contributed by atoms with Crippen LogP contribution >= 0.6 is 11.6 Å². The third-order valence-corrected chi connectivity index (χ3v) is 4.40. The summed E-state index contributed by atoms with van der Waals surface area (Å²) in [4.78, 5) is 24.1. The summed E-state index contributed by atoms with van der Waals surface area (Å²) < 4.78 is 10.9. The molecule has 0 spiro atoms. The molecule has 29 heavy (non-hydrogen) atoms. The number of nitro groups is 1. The molecule has 2 aromatic rings. The summed E-state index contributed by atoms with van der Waals surface area (Å²) in [5.74, 6) is 0.638. The van der Waals surface area contributed by atoms with Crippen molar-refractivity contribution >= 4 is 29.4 Å². The van der Waals surface area contributed by atoms with Crippen molar-refractivity contribution in [2.45, 2.75) is 0 Å². The van der Waals surface area contributed by atoms with Gasteiger partial charge in [-0.2, -0.15) is 5.10 Å². The second-order valence-electron chi connectivity index (χ2n) is 6.22. The topological polar surface area (TPSA) is 106 Å². The van der Waals surface area contributed by atoms with Gasteiger partial charge in [0.25, 0.3) is 11.6 Å². The largest absolute Gasteiger partial charge is 0.456 e. The number of nitro benzene ring substituents is 1. The fourth-order valence-electron chi connectivity index (χ4n) is 2.61. The van der Waals surface area contributed by atoms with Gasteiger partial charge in [-0.1, -0.05) is 11.6 Å². The molecule has 0 aromatic heterocycles. The van der Waals surface area contributed by atoms with E-state index < -0.39 is 4.92 Å². The van der Waals surface area contributed by atoms with Gasteiger partial charge < -0.3 is 9.47 Å². The highest BCUT2D eigenvalue weighted by Gasteiger charge is 2.13. The number of ether oxygens (including phenoxy) is 2. The molecule has 3 rings (SSSR count). The van der Waals surface area contributed by atoms with Gasteiger partial charge in [-0.05, 0) is 35.9 Å². The Morgan fingerprint density at radius 1 is 1.28 bits per heavy atom. The minimum atomic E-state index is -0.524. The molecule has 9 nitrogen and oxygen atoms in total. The first kappa shape index (κ1) is 20.7. The average molecular weight is 419 g/mol. The Balaban J connectivity index is 1.51. The second kappa shape index (κ2) is 9.97. The minimum absolute atomic E-state index is 0.107. The number of nitrogens with one attached hydrogen (secondary N) is 1. The molecular weight excluding hydrogens is 400 g/mol. The van der Waals surface area contributed by atoms with Gasteiger partial charge in [0.2, 0.25) is 0 Å². The van der Waals surface area contributed by atoms with Gasteiger partial charge in [0.1, 0.15) is 11.5 Å². The van der Waals surface area contributed by atoms with Crippen LogP contribution in [0.5, 0.6) is 11.5 Å². The number of rotatable bonds is 7. The van der Waals surface area contributed by atoms with Crippen molar-refractivity contribution in [3.8, 4) is 11.5 Å². The first-order valence-electron chi connectivity index (χ1n) is 8.85. The molecule has 1 N–H and O–H groups in total. The van der Waals surface area contributed by atoms with E-state index in [2.05, 4.69) is 10.5 Å². The molecule has 0 saturated carbocycles. The smallest absolute Gasteiger partial charge is 0.271 e. The highest BCUT2D eigenvalue weighted by Crippen LogP contribution is 2.32. The lowest BCUT2D eigenvalue weighted by atomic mass is 10.2. The van der Waals surface area contributed by atoms with Crippen molar-refractivity contribution in [2.24, 2.45) is 5.10 Å². The van der Waals surface area contributed by atoms with Crippen LogP contribution in [0.4, 0.5) is 5.69 Å².